The molecule has 1 aliphatic carbocycles. The summed E-state index contributed by atoms with van der Waals surface area (Å²) < 4.78 is 63.2. The Labute approximate surface area is 285 Å². The molecule has 0 saturated heterocycles. The van der Waals surface area contributed by atoms with Crippen LogP contribution in [0.15, 0.2) is 52.9 Å². The zero-order chi connectivity index (χ0) is 33.6. The number of ether oxygens (including phenoxy) is 3. The average Bonchev–Trinajstić information content (AvgIpc) is 3.03. The maximum atomic E-state index is 13.4. The molecule has 1 amide bonds. The van der Waals surface area contributed by atoms with Gasteiger partial charge in [-0.1, -0.05) is 42.5 Å². The largest absolute Gasteiger partial charge is 0.491 e. The number of hydrogen-bond acceptors (Lipinski definition) is 10. The summed E-state index contributed by atoms with van der Waals surface area (Å²) in [7, 11) is -3.75. The number of hydrogen-bond donors (Lipinski definition) is 0. The molecule has 0 N–H and O–H groups in total. The summed E-state index contributed by atoms with van der Waals surface area (Å²) in [6.07, 6.45) is 8.87. The fraction of sp³-hybridized carbons (Fsp3) is 0.559. The highest BCUT2D eigenvalue weighted by Gasteiger charge is 2.38. The summed E-state index contributed by atoms with van der Waals surface area (Å²) in [6, 6.07) is 11.4. The smallest absolute Gasteiger partial charge is 0.264 e. The number of aryl methyl sites for hydroxylation is 1. The number of fused-ring (bicyclic) bond motifs is 3. The molecule has 1 fully saturated rings. The third-order valence-electron chi connectivity index (χ3n) is 9.13. The maximum Gasteiger partial charge on any atom is 0.264 e. The van der Waals surface area contributed by atoms with E-state index in [-0.39, 0.29) is 36.9 Å². The third kappa shape index (κ3) is 9.79. The number of methoxy groups -OCH3 is 1. The van der Waals surface area contributed by atoms with Crippen LogP contribution in [-0.4, -0.2) is 72.0 Å². The molecule has 0 radical (unpaired) electrons. The Bertz CT molecular complexity index is 1640. The molecule has 5 rings (SSSR count). The van der Waals surface area contributed by atoms with E-state index in [1.165, 1.54) is 11.1 Å². The second kappa shape index (κ2) is 16.3. The van der Waals surface area contributed by atoms with Crippen LogP contribution in [0.1, 0.15) is 54.1 Å². The van der Waals surface area contributed by atoms with Crippen molar-refractivity contribution >= 4 is 43.9 Å². The van der Waals surface area contributed by atoms with E-state index in [0.717, 1.165) is 44.0 Å². The average molecular weight is 708 g/mol. The molecule has 0 aromatic heterocycles. The van der Waals surface area contributed by atoms with Crippen molar-refractivity contribution in [2.75, 3.05) is 50.4 Å². The highest BCUT2D eigenvalue weighted by molar-refractivity contribution is 7.86. The summed E-state index contributed by atoms with van der Waals surface area (Å²) in [5.41, 5.74) is 3.52. The second-order valence-corrected chi connectivity index (χ2v) is 15.8. The lowest BCUT2D eigenvalue weighted by Crippen LogP contribution is -2.43. The molecule has 10 nitrogen and oxygen atoms in total. The number of benzene rings is 2. The fourth-order valence-corrected chi connectivity index (χ4v) is 8.06. The summed E-state index contributed by atoms with van der Waals surface area (Å²) in [5.74, 6) is 0.416. The second-order valence-electron chi connectivity index (χ2n) is 12.6. The van der Waals surface area contributed by atoms with Crippen molar-refractivity contribution < 1.29 is 35.8 Å². The predicted octanol–water partition coefficient (Wildman–Crippen LogP) is 5.96. The first-order chi connectivity index (χ1) is 22.5. The highest BCUT2D eigenvalue weighted by Crippen LogP contribution is 2.42. The first-order valence-corrected chi connectivity index (χ1v) is 19.6. The fourth-order valence-electron chi connectivity index (χ4n) is 6.49. The molecule has 3 aliphatic rings. The molecule has 2 aromatic carbocycles. The Hall–Kier alpha value is -2.48. The normalized spacial score (nSPS) is 26.9. The van der Waals surface area contributed by atoms with Crippen LogP contribution >= 0.6 is 11.6 Å². The molecular formula is C34H44ClN2O8S2-. The summed E-state index contributed by atoms with van der Waals surface area (Å²) >= 11 is 6.42. The van der Waals surface area contributed by atoms with Gasteiger partial charge in [-0.05, 0) is 91.3 Å². The van der Waals surface area contributed by atoms with Gasteiger partial charge in [0.1, 0.15) is 5.75 Å². The molecule has 258 valence electrons. The van der Waals surface area contributed by atoms with Crippen molar-refractivity contribution in [1.29, 1.82) is 0 Å². The van der Waals surface area contributed by atoms with Crippen molar-refractivity contribution in [1.82, 2.24) is 0 Å². The lowest BCUT2D eigenvalue weighted by Gasteiger charge is -2.43. The van der Waals surface area contributed by atoms with Gasteiger partial charge >= 0.3 is 0 Å². The van der Waals surface area contributed by atoms with E-state index in [4.69, 9.17) is 30.0 Å². The molecule has 0 unspecified atom stereocenters. The van der Waals surface area contributed by atoms with Gasteiger partial charge < -0.3 is 27.7 Å². The first-order valence-electron chi connectivity index (χ1n) is 16.1. The minimum Gasteiger partial charge on any atom is -0.491 e. The number of carbonyl (C=O) groups is 1. The quantitative estimate of drug-likeness (QED) is 0.155. The number of amides is 1. The van der Waals surface area contributed by atoms with Crippen molar-refractivity contribution in [3.63, 3.8) is 0 Å². The van der Waals surface area contributed by atoms with Crippen molar-refractivity contribution in [2.45, 2.75) is 57.8 Å². The molecule has 0 spiro atoms. The van der Waals surface area contributed by atoms with Gasteiger partial charge in [-0.3, -0.25) is 8.98 Å². The zero-order valence-electron chi connectivity index (χ0n) is 27.1. The summed E-state index contributed by atoms with van der Waals surface area (Å²) in [5, 5.41) is 0.707. The van der Waals surface area contributed by atoms with Crippen LogP contribution in [0, 0.1) is 17.8 Å². The predicted molar refractivity (Wildman–Crippen MR) is 183 cm³/mol. The summed E-state index contributed by atoms with van der Waals surface area (Å²) in [4.78, 5) is 15.7. The van der Waals surface area contributed by atoms with Crippen LogP contribution < -0.4 is 9.64 Å². The lowest BCUT2D eigenvalue weighted by atomic mass is 9.70. The molecule has 2 bridgehead atoms. The highest BCUT2D eigenvalue weighted by atomic mass is 35.5. The van der Waals surface area contributed by atoms with Crippen LogP contribution in [0.5, 0.6) is 5.75 Å². The molecule has 2 heterocycles. The van der Waals surface area contributed by atoms with Gasteiger partial charge in [0.05, 0.1) is 44.0 Å². The Morgan fingerprint density at radius 1 is 1.06 bits per heavy atom. The number of rotatable bonds is 6. The summed E-state index contributed by atoms with van der Waals surface area (Å²) in [6.45, 7) is 3.58. The van der Waals surface area contributed by atoms with Gasteiger partial charge in [-0.25, -0.2) is 0 Å². The van der Waals surface area contributed by atoms with E-state index in [1.54, 1.807) is 13.2 Å². The molecule has 2 aliphatic heterocycles. The van der Waals surface area contributed by atoms with E-state index in [0.29, 0.717) is 41.9 Å². The van der Waals surface area contributed by atoms with Crippen LogP contribution in [0.2, 0.25) is 5.02 Å². The van der Waals surface area contributed by atoms with E-state index in [9.17, 15) is 17.4 Å². The van der Waals surface area contributed by atoms with Crippen molar-refractivity contribution in [3.05, 3.63) is 70.3 Å². The topological polar surface area (TPSA) is 121 Å². The monoisotopic (exact) mass is 707 g/mol. The van der Waals surface area contributed by atoms with Crippen LogP contribution in [0.3, 0.4) is 0 Å². The van der Waals surface area contributed by atoms with Gasteiger partial charge in [0.15, 0.2) is 0 Å². The van der Waals surface area contributed by atoms with Gasteiger partial charge in [0.2, 0.25) is 0 Å². The van der Waals surface area contributed by atoms with Gasteiger partial charge in [0, 0.05) is 30.8 Å². The molecule has 5 atom stereocenters. The number of halogens is 1. The van der Waals surface area contributed by atoms with Gasteiger partial charge in [-0.15, -0.1) is 0 Å². The van der Waals surface area contributed by atoms with E-state index in [2.05, 4.69) is 15.3 Å². The van der Waals surface area contributed by atoms with E-state index < -0.39 is 32.7 Å². The molecule has 47 heavy (non-hydrogen) atoms. The Morgan fingerprint density at radius 3 is 2.62 bits per heavy atom. The van der Waals surface area contributed by atoms with Crippen LogP contribution in [0.25, 0.3) is 0 Å². The van der Waals surface area contributed by atoms with Crippen molar-refractivity contribution in [2.24, 2.45) is 22.1 Å². The lowest BCUT2D eigenvalue weighted by molar-refractivity contribution is 0.00999. The van der Waals surface area contributed by atoms with Gasteiger partial charge in [-0.2, -0.15) is 19.0 Å². The Kier molecular flexibility index (Phi) is 12.4. The van der Waals surface area contributed by atoms with Crippen LogP contribution in [0.4, 0.5) is 5.69 Å². The number of carbonyl (C=O) groups excluding carboxylic acids is 1. The molecule has 2 aromatic rings. The van der Waals surface area contributed by atoms with E-state index >= 15 is 0 Å². The van der Waals surface area contributed by atoms with Gasteiger partial charge in [0.25, 0.3) is 16.0 Å². The molecule has 13 heteroatoms. The SMILES string of the molecule is CO[C@H]1/C=C/[C@H](OCCOS(C)(=O)=O)[C@H](C)C[S-](=O)=NC(=O)c2ccc3c(c2)N(Cc2ccc(Cl)cc2CCCCO3)C[C@@H]2CC[C@H]21. The van der Waals surface area contributed by atoms with E-state index in [1.807, 2.05) is 43.3 Å². The minimum atomic E-state index is -3.61. The Morgan fingerprint density at radius 2 is 1.87 bits per heavy atom. The first kappa shape index (κ1) is 35.8. The minimum absolute atomic E-state index is 0.0116. The Balaban J connectivity index is 1.52. The standard InChI is InChI=1S/C34H44ClN2O8S2/c1-23-22-46(39)36-34(38)25-9-12-33-30(19-25)37(20-26-7-10-28(35)18-24(26)6-4-5-15-43-33)21-27-8-11-29(27)32(42-2)14-13-31(23)44-16-17-45-47(3,40)41/h7,9-10,12-14,18-19,23,27,29,31-32H,4-6,8,11,15-17,20-22H2,1-3H3/q-1/b14-13+/t23-,27+,29-,31+,32+/m1/s1. The van der Waals surface area contributed by atoms with Crippen molar-refractivity contribution in [3.8, 4) is 5.75 Å². The molecule has 1 saturated carbocycles. The maximum absolute atomic E-state index is 13.4. The number of nitrogens with zero attached hydrogens (tertiary/aromatic N) is 2. The molecular weight excluding hydrogens is 664 g/mol. The zero-order valence-corrected chi connectivity index (χ0v) is 29.5. The number of anilines is 1. The third-order valence-corrected chi connectivity index (χ3v) is 11.1. The van der Waals surface area contributed by atoms with Crippen LogP contribution in [-0.2, 0) is 51.5 Å².